The molecule has 2 heterocycles. The van der Waals surface area contributed by atoms with E-state index in [0.29, 0.717) is 55.6 Å². The highest BCUT2D eigenvalue weighted by Crippen LogP contribution is 2.33. The van der Waals surface area contributed by atoms with Crippen LogP contribution in [0.25, 0.3) is 6.08 Å². The highest BCUT2D eigenvalue weighted by molar-refractivity contribution is 7.07. The second kappa shape index (κ2) is 13.5. The molecule has 1 aromatic heterocycles. The molecule has 228 valence electrons. The number of benzene rings is 3. The molecule has 0 saturated heterocycles. The Kier molecular flexibility index (Phi) is 9.51. The largest absolute Gasteiger partial charge is 0.497 e. The van der Waals surface area contributed by atoms with Crippen LogP contribution in [0.1, 0.15) is 43.5 Å². The van der Waals surface area contributed by atoms with E-state index in [9.17, 15) is 14.0 Å². The monoisotopic (exact) mass is 636 g/mol. The summed E-state index contributed by atoms with van der Waals surface area (Å²) in [6.45, 7) is 5.77. The molecular formula is C33H30ClFN2O6S. The van der Waals surface area contributed by atoms with Gasteiger partial charge in [0.2, 0.25) is 0 Å². The van der Waals surface area contributed by atoms with Crippen molar-refractivity contribution in [3.8, 4) is 17.2 Å². The summed E-state index contributed by atoms with van der Waals surface area (Å²) in [6, 6.07) is 16.1. The molecule has 44 heavy (non-hydrogen) atoms. The molecule has 0 spiro atoms. The van der Waals surface area contributed by atoms with Gasteiger partial charge >= 0.3 is 5.97 Å². The van der Waals surface area contributed by atoms with Crippen molar-refractivity contribution >= 4 is 35.0 Å². The number of hydrogen-bond donors (Lipinski definition) is 0. The highest BCUT2D eigenvalue weighted by Gasteiger charge is 2.33. The number of halogens is 2. The van der Waals surface area contributed by atoms with Crippen LogP contribution in [0.2, 0.25) is 5.02 Å². The van der Waals surface area contributed by atoms with Crippen LogP contribution in [-0.4, -0.2) is 30.9 Å². The number of fused-ring (bicyclic) bond motifs is 1. The van der Waals surface area contributed by atoms with E-state index in [1.165, 1.54) is 28.0 Å². The number of carbonyl (C=O) groups excluding carboxylic acids is 1. The predicted octanol–water partition coefficient (Wildman–Crippen LogP) is 5.58. The summed E-state index contributed by atoms with van der Waals surface area (Å²) in [7, 11) is 1.57. The maximum Gasteiger partial charge on any atom is 0.338 e. The first-order valence-corrected chi connectivity index (χ1v) is 15.1. The van der Waals surface area contributed by atoms with E-state index in [-0.39, 0.29) is 29.4 Å². The first kappa shape index (κ1) is 31.0. The predicted molar refractivity (Wildman–Crippen MR) is 167 cm³/mol. The van der Waals surface area contributed by atoms with E-state index in [4.69, 9.17) is 30.5 Å². The van der Waals surface area contributed by atoms with E-state index in [2.05, 4.69) is 4.99 Å². The highest BCUT2D eigenvalue weighted by atomic mass is 35.5. The van der Waals surface area contributed by atoms with Gasteiger partial charge in [0.15, 0.2) is 16.3 Å². The number of nitrogens with zero attached hydrogens (tertiary/aromatic N) is 2. The number of methoxy groups -OCH3 is 1. The van der Waals surface area contributed by atoms with Crippen LogP contribution in [0.5, 0.6) is 17.2 Å². The SMILES string of the molecule is CCOC(=O)C1=C(C)N=c2s/c(=C\c3ccc(OCc4c(F)cccc4Cl)c(OCC)c3)c(=O)n2[C@H]1c1ccc(OC)cc1. The van der Waals surface area contributed by atoms with Gasteiger partial charge in [0, 0.05) is 5.56 Å². The molecule has 0 aliphatic carbocycles. The Labute approximate surface area is 262 Å². The van der Waals surface area contributed by atoms with Crippen LogP contribution < -0.4 is 29.1 Å². The quantitative estimate of drug-likeness (QED) is 0.211. The lowest BCUT2D eigenvalue weighted by molar-refractivity contribution is -0.139. The van der Waals surface area contributed by atoms with E-state index in [1.54, 1.807) is 63.4 Å². The molecule has 0 bridgehead atoms. The number of carbonyl (C=O) groups is 1. The lowest BCUT2D eigenvalue weighted by Gasteiger charge is -2.24. The summed E-state index contributed by atoms with van der Waals surface area (Å²) < 4.78 is 38.6. The molecule has 1 atom stereocenters. The Morgan fingerprint density at radius 3 is 2.52 bits per heavy atom. The fourth-order valence-electron chi connectivity index (χ4n) is 4.87. The molecule has 5 rings (SSSR count). The Morgan fingerprint density at radius 1 is 1.07 bits per heavy atom. The normalized spacial score (nSPS) is 14.6. The number of rotatable bonds is 10. The Hall–Kier alpha value is -4.41. The van der Waals surface area contributed by atoms with Crippen molar-refractivity contribution in [1.82, 2.24) is 4.57 Å². The maximum atomic E-state index is 14.3. The zero-order valence-electron chi connectivity index (χ0n) is 24.6. The van der Waals surface area contributed by atoms with Gasteiger partial charge in [-0.25, -0.2) is 14.2 Å². The van der Waals surface area contributed by atoms with Crippen molar-refractivity contribution in [2.75, 3.05) is 20.3 Å². The minimum absolute atomic E-state index is 0.0863. The second-order valence-corrected chi connectivity index (χ2v) is 11.1. The minimum atomic E-state index is -0.738. The van der Waals surface area contributed by atoms with Gasteiger partial charge in [-0.1, -0.05) is 47.2 Å². The number of aromatic nitrogens is 1. The van der Waals surface area contributed by atoms with Crippen LogP contribution >= 0.6 is 22.9 Å². The van der Waals surface area contributed by atoms with Crippen molar-refractivity contribution in [1.29, 1.82) is 0 Å². The molecule has 0 unspecified atom stereocenters. The standard InChI is InChI=1S/C33H30ClFN2O6S/c1-5-41-27-16-20(10-15-26(27)43-18-23-24(34)8-7-9-25(23)35)17-28-31(38)37-30(21-11-13-22(40-4)14-12-21)29(32(39)42-6-2)19(3)36-33(37)44-28/h7-17,30H,5-6,18H2,1-4H3/b28-17-/t30-/m0/s1. The van der Waals surface area contributed by atoms with Gasteiger partial charge < -0.3 is 18.9 Å². The average molecular weight is 637 g/mol. The summed E-state index contributed by atoms with van der Waals surface area (Å²) in [4.78, 5) is 32.1. The lowest BCUT2D eigenvalue weighted by atomic mass is 9.96. The van der Waals surface area contributed by atoms with Crippen molar-refractivity contribution in [3.63, 3.8) is 0 Å². The van der Waals surface area contributed by atoms with Gasteiger partial charge in [0.05, 0.1) is 47.2 Å². The van der Waals surface area contributed by atoms with Gasteiger partial charge in [0.1, 0.15) is 18.2 Å². The van der Waals surface area contributed by atoms with E-state index in [0.717, 1.165) is 0 Å². The van der Waals surface area contributed by atoms with E-state index in [1.807, 2.05) is 19.1 Å². The number of ether oxygens (including phenoxy) is 4. The van der Waals surface area contributed by atoms with E-state index >= 15 is 0 Å². The zero-order valence-corrected chi connectivity index (χ0v) is 26.1. The second-order valence-electron chi connectivity index (χ2n) is 9.70. The summed E-state index contributed by atoms with van der Waals surface area (Å²) in [5.41, 5.74) is 2.10. The Morgan fingerprint density at radius 2 is 1.84 bits per heavy atom. The van der Waals surface area contributed by atoms with Gasteiger partial charge in [0.25, 0.3) is 5.56 Å². The number of esters is 1. The van der Waals surface area contributed by atoms with Crippen LogP contribution in [0.15, 0.2) is 81.7 Å². The van der Waals surface area contributed by atoms with Crippen LogP contribution in [0.3, 0.4) is 0 Å². The fourth-order valence-corrected chi connectivity index (χ4v) is 6.13. The smallest absolute Gasteiger partial charge is 0.338 e. The number of allylic oxidation sites excluding steroid dienone is 1. The minimum Gasteiger partial charge on any atom is -0.497 e. The molecule has 0 amide bonds. The zero-order chi connectivity index (χ0) is 31.4. The molecule has 3 aromatic carbocycles. The van der Waals surface area contributed by atoms with Crippen molar-refractivity contribution in [2.45, 2.75) is 33.4 Å². The lowest BCUT2D eigenvalue weighted by Crippen LogP contribution is -2.39. The molecule has 0 saturated carbocycles. The molecule has 1 aliphatic heterocycles. The molecule has 11 heteroatoms. The number of hydrogen-bond acceptors (Lipinski definition) is 8. The third kappa shape index (κ3) is 6.27. The molecule has 8 nitrogen and oxygen atoms in total. The summed E-state index contributed by atoms with van der Waals surface area (Å²) in [6.07, 6.45) is 1.73. The van der Waals surface area contributed by atoms with E-state index < -0.39 is 17.8 Å². The third-order valence-electron chi connectivity index (χ3n) is 6.95. The number of thiazole rings is 1. The summed E-state index contributed by atoms with van der Waals surface area (Å²) in [5.74, 6) is 0.486. The summed E-state index contributed by atoms with van der Waals surface area (Å²) in [5, 5.41) is 0.268. The molecular weight excluding hydrogens is 607 g/mol. The average Bonchev–Trinajstić information content (AvgIpc) is 3.31. The maximum absolute atomic E-state index is 14.3. The Bertz CT molecular complexity index is 1900. The van der Waals surface area contributed by atoms with Gasteiger partial charge in [-0.2, -0.15) is 0 Å². The van der Waals surface area contributed by atoms with Crippen molar-refractivity contribution < 1.29 is 28.1 Å². The first-order valence-electron chi connectivity index (χ1n) is 13.9. The molecule has 4 aromatic rings. The van der Waals surface area contributed by atoms with Gasteiger partial charge in [-0.05, 0) is 74.4 Å². The first-order chi connectivity index (χ1) is 21.2. The Balaban J connectivity index is 1.55. The van der Waals surface area contributed by atoms with Crippen LogP contribution in [-0.2, 0) is 16.1 Å². The third-order valence-corrected chi connectivity index (χ3v) is 8.28. The van der Waals surface area contributed by atoms with Gasteiger partial charge in [-0.15, -0.1) is 0 Å². The molecule has 0 fully saturated rings. The van der Waals surface area contributed by atoms with Crippen molar-refractivity contribution in [3.05, 3.63) is 119 Å². The summed E-state index contributed by atoms with van der Waals surface area (Å²) >= 11 is 7.37. The topological polar surface area (TPSA) is 88.4 Å². The molecule has 1 aliphatic rings. The van der Waals surface area contributed by atoms with Gasteiger partial charge in [-0.3, -0.25) is 9.36 Å². The van der Waals surface area contributed by atoms with Crippen LogP contribution in [0.4, 0.5) is 4.39 Å². The molecule has 0 radical (unpaired) electrons. The molecule has 0 N–H and O–H groups in total. The fraction of sp³-hybridized carbons (Fsp3) is 0.242. The van der Waals surface area contributed by atoms with Crippen molar-refractivity contribution in [2.24, 2.45) is 4.99 Å². The van der Waals surface area contributed by atoms with Crippen LogP contribution in [0, 0.1) is 5.82 Å².